The zero-order valence-electron chi connectivity index (χ0n) is 16.2. The molecular weight excluding hydrogens is 405 g/mol. The van der Waals surface area contributed by atoms with Crippen molar-refractivity contribution < 1.29 is 28.7 Å². The molecule has 1 spiro atoms. The molecule has 2 aromatic carbocycles. The molecule has 3 amide bonds. The quantitative estimate of drug-likeness (QED) is 0.644. The number of hydrogen-bond acceptors (Lipinski definition) is 5. The average Bonchev–Trinajstić information content (AvgIpc) is 3.32. The maximum Gasteiger partial charge on any atom is 0.303 e. The van der Waals surface area contributed by atoms with Gasteiger partial charge in [-0.25, -0.2) is 9.29 Å². The molecule has 0 radical (unpaired) electrons. The van der Waals surface area contributed by atoms with Crippen molar-refractivity contribution >= 4 is 35.1 Å². The van der Waals surface area contributed by atoms with E-state index in [1.54, 1.807) is 24.3 Å². The van der Waals surface area contributed by atoms with Gasteiger partial charge in [0.05, 0.1) is 17.5 Å². The van der Waals surface area contributed by atoms with Gasteiger partial charge in [0, 0.05) is 23.7 Å². The van der Waals surface area contributed by atoms with E-state index in [0.29, 0.717) is 11.3 Å². The standard InChI is InChI=1S/C22H18FN3O5/c23-11-5-7-12(8-6-11)26-19(29)17-15(9-10-16(27)28)25-22(18(17)20(26)30)13-3-1-2-4-14(13)24-21(22)31/h1-8,15,17-18,25H,9-10H2,(H,24,31)(H,27,28). The smallest absolute Gasteiger partial charge is 0.303 e. The molecule has 31 heavy (non-hydrogen) atoms. The number of carboxylic acids is 1. The summed E-state index contributed by atoms with van der Waals surface area (Å²) in [6.45, 7) is 0. The molecule has 0 bridgehead atoms. The number of nitrogens with zero attached hydrogens (tertiary/aromatic N) is 1. The Morgan fingerprint density at radius 3 is 2.48 bits per heavy atom. The fourth-order valence-corrected chi connectivity index (χ4v) is 5.13. The predicted octanol–water partition coefficient (Wildman–Crippen LogP) is 1.62. The monoisotopic (exact) mass is 423 g/mol. The van der Waals surface area contributed by atoms with E-state index in [0.717, 1.165) is 17.0 Å². The Hall–Kier alpha value is -3.59. The molecule has 0 aliphatic carbocycles. The van der Waals surface area contributed by atoms with Crippen LogP contribution in [0.4, 0.5) is 15.8 Å². The first kappa shape index (κ1) is 19.4. The number of carbonyl (C=O) groups is 4. The SMILES string of the molecule is O=C(O)CCC1NC2(C(=O)Nc3ccccc32)C2C(=O)N(c3ccc(F)cc3)C(=O)C12. The minimum Gasteiger partial charge on any atom is -0.481 e. The topological polar surface area (TPSA) is 116 Å². The Labute approximate surface area is 176 Å². The third-order valence-corrected chi connectivity index (χ3v) is 6.38. The number of para-hydroxylation sites is 1. The highest BCUT2D eigenvalue weighted by molar-refractivity contribution is 6.25. The van der Waals surface area contributed by atoms with E-state index in [4.69, 9.17) is 5.11 Å². The van der Waals surface area contributed by atoms with Crippen molar-refractivity contribution in [2.24, 2.45) is 11.8 Å². The molecule has 0 aromatic heterocycles. The molecule has 4 atom stereocenters. The van der Waals surface area contributed by atoms with Crippen LogP contribution in [0.25, 0.3) is 0 Å². The maximum absolute atomic E-state index is 13.6. The lowest BCUT2D eigenvalue weighted by molar-refractivity contribution is -0.137. The zero-order valence-corrected chi connectivity index (χ0v) is 16.2. The molecule has 0 saturated carbocycles. The number of fused-ring (bicyclic) bond motifs is 4. The zero-order chi connectivity index (χ0) is 21.9. The molecule has 2 fully saturated rings. The van der Waals surface area contributed by atoms with Crippen LogP contribution in [0.3, 0.4) is 0 Å². The number of hydrogen-bond donors (Lipinski definition) is 3. The van der Waals surface area contributed by atoms with Crippen LogP contribution in [0.15, 0.2) is 48.5 Å². The lowest BCUT2D eigenvalue weighted by Crippen LogP contribution is -2.53. The Morgan fingerprint density at radius 2 is 1.77 bits per heavy atom. The van der Waals surface area contributed by atoms with Crippen molar-refractivity contribution in [3.63, 3.8) is 0 Å². The van der Waals surface area contributed by atoms with Crippen LogP contribution in [-0.2, 0) is 24.7 Å². The molecule has 3 heterocycles. The number of anilines is 2. The summed E-state index contributed by atoms with van der Waals surface area (Å²) in [5.41, 5.74) is -0.177. The van der Waals surface area contributed by atoms with Gasteiger partial charge in [0.1, 0.15) is 11.4 Å². The predicted molar refractivity (Wildman–Crippen MR) is 106 cm³/mol. The van der Waals surface area contributed by atoms with E-state index in [9.17, 15) is 23.6 Å². The third kappa shape index (κ3) is 2.63. The molecule has 158 valence electrons. The van der Waals surface area contributed by atoms with Crippen molar-refractivity contribution in [2.75, 3.05) is 10.2 Å². The second-order valence-electron chi connectivity index (χ2n) is 7.98. The van der Waals surface area contributed by atoms with Gasteiger partial charge < -0.3 is 10.4 Å². The van der Waals surface area contributed by atoms with E-state index in [2.05, 4.69) is 10.6 Å². The Kier molecular flexibility index (Phi) is 4.19. The van der Waals surface area contributed by atoms with Crippen LogP contribution >= 0.6 is 0 Å². The fourth-order valence-electron chi connectivity index (χ4n) is 5.13. The number of aliphatic carboxylic acids is 1. The third-order valence-electron chi connectivity index (χ3n) is 6.38. The molecule has 3 N–H and O–H groups in total. The van der Waals surface area contributed by atoms with Gasteiger partial charge in [0.15, 0.2) is 0 Å². The second-order valence-corrected chi connectivity index (χ2v) is 7.98. The van der Waals surface area contributed by atoms with Gasteiger partial charge in [-0.05, 0) is 36.8 Å². The molecule has 3 aliphatic rings. The van der Waals surface area contributed by atoms with Crippen molar-refractivity contribution in [3.05, 3.63) is 59.9 Å². The number of halogens is 1. The number of nitrogens with one attached hydrogen (secondary N) is 2. The van der Waals surface area contributed by atoms with Gasteiger partial charge in [-0.15, -0.1) is 0 Å². The number of rotatable bonds is 4. The van der Waals surface area contributed by atoms with Crippen molar-refractivity contribution in [2.45, 2.75) is 24.4 Å². The minimum absolute atomic E-state index is 0.0734. The van der Waals surface area contributed by atoms with Crippen LogP contribution in [-0.4, -0.2) is 34.8 Å². The van der Waals surface area contributed by atoms with E-state index >= 15 is 0 Å². The molecule has 4 unspecified atom stereocenters. The molecule has 9 heteroatoms. The fraction of sp³-hybridized carbons (Fsp3) is 0.273. The van der Waals surface area contributed by atoms with Gasteiger partial charge in [-0.1, -0.05) is 18.2 Å². The highest BCUT2D eigenvalue weighted by atomic mass is 19.1. The van der Waals surface area contributed by atoms with Crippen molar-refractivity contribution in [3.8, 4) is 0 Å². The number of amides is 3. The highest BCUT2D eigenvalue weighted by Crippen LogP contribution is 2.53. The van der Waals surface area contributed by atoms with Crippen LogP contribution in [0.2, 0.25) is 0 Å². The van der Waals surface area contributed by atoms with Crippen LogP contribution < -0.4 is 15.5 Å². The number of imide groups is 1. The summed E-state index contributed by atoms with van der Waals surface area (Å²) < 4.78 is 13.4. The average molecular weight is 423 g/mol. The largest absolute Gasteiger partial charge is 0.481 e. The van der Waals surface area contributed by atoms with E-state index in [1.165, 1.54) is 12.1 Å². The minimum atomic E-state index is -1.48. The number of benzene rings is 2. The van der Waals surface area contributed by atoms with E-state index < -0.39 is 52.9 Å². The number of carbonyl (C=O) groups excluding carboxylic acids is 3. The first-order chi connectivity index (χ1) is 14.8. The summed E-state index contributed by atoms with van der Waals surface area (Å²) >= 11 is 0. The maximum atomic E-state index is 13.6. The van der Waals surface area contributed by atoms with Gasteiger partial charge in [-0.2, -0.15) is 0 Å². The van der Waals surface area contributed by atoms with Gasteiger partial charge >= 0.3 is 5.97 Å². The normalized spacial score (nSPS) is 28.7. The highest BCUT2D eigenvalue weighted by Gasteiger charge is 2.70. The van der Waals surface area contributed by atoms with E-state index in [-0.39, 0.29) is 18.5 Å². The van der Waals surface area contributed by atoms with Gasteiger partial charge in [-0.3, -0.25) is 24.5 Å². The summed E-state index contributed by atoms with van der Waals surface area (Å²) in [4.78, 5) is 52.3. The summed E-state index contributed by atoms with van der Waals surface area (Å²) in [6, 6.07) is 11.2. The molecule has 8 nitrogen and oxygen atoms in total. The lowest BCUT2D eigenvalue weighted by atomic mass is 9.76. The first-order valence-corrected chi connectivity index (χ1v) is 9.88. The molecule has 2 saturated heterocycles. The first-order valence-electron chi connectivity index (χ1n) is 9.88. The molecule has 5 rings (SSSR count). The van der Waals surface area contributed by atoms with Crippen molar-refractivity contribution in [1.82, 2.24) is 5.32 Å². The summed E-state index contributed by atoms with van der Waals surface area (Å²) in [6.07, 6.45) is -0.151. The Balaban J connectivity index is 1.64. The van der Waals surface area contributed by atoms with Crippen LogP contribution in [0.5, 0.6) is 0 Å². The summed E-state index contributed by atoms with van der Waals surface area (Å²) in [5.74, 6) is -5.07. The molecular formula is C22H18FN3O5. The van der Waals surface area contributed by atoms with Gasteiger partial charge in [0.2, 0.25) is 17.7 Å². The van der Waals surface area contributed by atoms with Crippen molar-refractivity contribution in [1.29, 1.82) is 0 Å². The second kappa shape index (κ2) is 6.71. The Morgan fingerprint density at radius 1 is 1.06 bits per heavy atom. The number of carboxylic acid groups (broad SMARTS) is 1. The summed E-state index contributed by atoms with van der Waals surface area (Å²) in [5, 5.41) is 15.1. The van der Waals surface area contributed by atoms with Gasteiger partial charge in [0.25, 0.3) is 0 Å². The summed E-state index contributed by atoms with van der Waals surface area (Å²) in [7, 11) is 0. The van der Waals surface area contributed by atoms with E-state index in [1.807, 2.05) is 0 Å². The lowest BCUT2D eigenvalue weighted by Gasteiger charge is -2.29. The molecule has 3 aliphatic heterocycles. The molecule has 2 aromatic rings. The van der Waals surface area contributed by atoms with Crippen LogP contribution in [0.1, 0.15) is 18.4 Å². The Bertz CT molecular complexity index is 1130. The van der Waals surface area contributed by atoms with Crippen LogP contribution in [0, 0.1) is 17.7 Å².